The van der Waals surface area contributed by atoms with Crippen LogP contribution < -0.4 is 5.32 Å². The Hall–Kier alpha value is -2.89. The molecule has 2 aromatic carbocycles. The number of likely N-dealkylation sites (N-methyl/N-ethyl adjacent to an activating group) is 1. The lowest BCUT2D eigenvalue weighted by atomic mass is 9.87. The summed E-state index contributed by atoms with van der Waals surface area (Å²) in [6.07, 6.45) is 4.15. The molecule has 4 rings (SSSR count). The zero-order valence-electron chi connectivity index (χ0n) is 17.9. The second-order valence-electron chi connectivity index (χ2n) is 8.93. The first kappa shape index (κ1) is 20.4. The van der Waals surface area contributed by atoms with Gasteiger partial charge in [0.05, 0.1) is 0 Å². The molecule has 1 atom stereocenters. The van der Waals surface area contributed by atoms with E-state index in [0.717, 1.165) is 41.4 Å². The van der Waals surface area contributed by atoms with Crippen molar-refractivity contribution in [3.05, 3.63) is 48.0 Å². The summed E-state index contributed by atoms with van der Waals surface area (Å²) < 4.78 is 0. The molecule has 2 aliphatic rings. The highest BCUT2D eigenvalue weighted by Crippen LogP contribution is 2.31. The lowest BCUT2D eigenvalue weighted by Gasteiger charge is -2.34. The molecule has 2 fully saturated rings. The molecule has 2 aromatic rings. The normalized spacial score (nSPS) is 26.7. The Morgan fingerprint density at radius 1 is 1.10 bits per heavy atom. The molecule has 6 heteroatoms. The van der Waals surface area contributed by atoms with Gasteiger partial charge in [-0.05, 0) is 60.9 Å². The number of nitrogens with one attached hydrogen (secondary N) is 1. The van der Waals surface area contributed by atoms with Crippen molar-refractivity contribution < 1.29 is 14.4 Å². The van der Waals surface area contributed by atoms with E-state index in [1.54, 1.807) is 18.9 Å². The fraction of sp³-hybridized carbons (Fsp3) is 0.458. The number of benzene rings is 2. The molecule has 1 saturated heterocycles. The van der Waals surface area contributed by atoms with Crippen LogP contribution in [0.15, 0.2) is 42.5 Å². The van der Waals surface area contributed by atoms with Crippen LogP contribution in [0.4, 0.5) is 4.79 Å². The zero-order chi connectivity index (χ0) is 21.5. The van der Waals surface area contributed by atoms with E-state index in [0.29, 0.717) is 11.5 Å². The van der Waals surface area contributed by atoms with Crippen LogP contribution in [0, 0.1) is 5.92 Å². The molecule has 0 aromatic heterocycles. The van der Waals surface area contributed by atoms with Crippen molar-refractivity contribution in [3.8, 4) is 0 Å². The Bertz CT molecular complexity index is 996. The Kier molecular flexibility index (Phi) is 5.26. The number of hydrogen-bond donors (Lipinski definition) is 1. The highest BCUT2D eigenvalue weighted by Gasteiger charge is 2.49. The molecule has 1 aliphatic carbocycles. The second-order valence-corrected chi connectivity index (χ2v) is 8.93. The summed E-state index contributed by atoms with van der Waals surface area (Å²) in [6.45, 7) is 3.71. The maximum Gasteiger partial charge on any atom is 0.325 e. The summed E-state index contributed by atoms with van der Waals surface area (Å²) in [4.78, 5) is 41.5. The van der Waals surface area contributed by atoms with Gasteiger partial charge in [-0.25, -0.2) is 4.79 Å². The fourth-order valence-electron chi connectivity index (χ4n) is 4.62. The first-order valence-electron chi connectivity index (χ1n) is 10.7. The lowest BCUT2D eigenvalue weighted by molar-refractivity contribution is -0.139. The van der Waals surface area contributed by atoms with Crippen molar-refractivity contribution in [2.45, 2.75) is 51.1 Å². The summed E-state index contributed by atoms with van der Waals surface area (Å²) in [7, 11) is 1.78. The topological polar surface area (TPSA) is 69.7 Å². The highest BCUT2D eigenvalue weighted by atomic mass is 16.2. The quantitative estimate of drug-likeness (QED) is 0.787. The van der Waals surface area contributed by atoms with Crippen molar-refractivity contribution in [3.63, 3.8) is 0 Å². The Balaban J connectivity index is 1.51. The van der Waals surface area contributed by atoms with Crippen LogP contribution in [-0.4, -0.2) is 47.3 Å². The first-order chi connectivity index (χ1) is 14.3. The molecule has 6 nitrogen and oxygen atoms in total. The number of urea groups is 1. The van der Waals surface area contributed by atoms with Crippen molar-refractivity contribution in [1.29, 1.82) is 0 Å². The van der Waals surface area contributed by atoms with E-state index in [4.69, 9.17) is 0 Å². The average molecular weight is 408 g/mol. The SMILES string of the molecule is CC1CCC(N(C)C(=O)CN2C(=O)NC(C)(c3ccc4ccccc4c3)C2=O)CC1. The predicted molar refractivity (Wildman–Crippen MR) is 116 cm³/mol. The Morgan fingerprint density at radius 3 is 2.47 bits per heavy atom. The number of fused-ring (bicyclic) bond motifs is 1. The van der Waals surface area contributed by atoms with E-state index in [1.807, 2.05) is 42.5 Å². The summed E-state index contributed by atoms with van der Waals surface area (Å²) in [5.74, 6) is 0.112. The molecule has 1 N–H and O–H groups in total. The molecular weight excluding hydrogens is 378 g/mol. The van der Waals surface area contributed by atoms with Crippen LogP contribution >= 0.6 is 0 Å². The third-order valence-corrected chi connectivity index (χ3v) is 6.82. The number of carbonyl (C=O) groups excluding carboxylic acids is 3. The van der Waals surface area contributed by atoms with E-state index in [2.05, 4.69) is 12.2 Å². The largest absolute Gasteiger partial charge is 0.341 e. The predicted octanol–water partition coefficient (Wildman–Crippen LogP) is 3.64. The van der Waals surface area contributed by atoms with E-state index >= 15 is 0 Å². The van der Waals surface area contributed by atoms with Gasteiger partial charge in [0.15, 0.2) is 0 Å². The average Bonchev–Trinajstić information content (AvgIpc) is 2.97. The van der Waals surface area contributed by atoms with Crippen LogP contribution in [-0.2, 0) is 15.1 Å². The van der Waals surface area contributed by atoms with Crippen molar-refractivity contribution in [2.75, 3.05) is 13.6 Å². The number of hydrogen-bond acceptors (Lipinski definition) is 3. The molecule has 158 valence electrons. The van der Waals surface area contributed by atoms with E-state index in [-0.39, 0.29) is 24.4 Å². The van der Waals surface area contributed by atoms with E-state index in [9.17, 15) is 14.4 Å². The summed E-state index contributed by atoms with van der Waals surface area (Å²) >= 11 is 0. The van der Waals surface area contributed by atoms with Gasteiger partial charge in [-0.2, -0.15) is 0 Å². The van der Waals surface area contributed by atoms with Gasteiger partial charge in [0, 0.05) is 13.1 Å². The standard InChI is InChI=1S/C24H29N3O3/c1-16-8-12-20(13-9-16)26(3)21(28)15-27-22(29)24(2,25-23(27)30)19-11-10-17-6-4-5-7-18(17)14-19/h4-7,10-11,14,16,20H,8-9,12-13,15H2,1-3H3,(H,25,30). The summed E-state index contributed by atoms with van der Waals surface area (Å²) in [5.41, 5.74) is -0.468. The molecule has 30 heavy (non-hydrogen) atoms. The van der Waals surface area contributed by atoms with Gasteiger partial charge in [0.1, 0.15) is 12.1 Å². The molecule has 4 amide bonds. The molecule has 1 unspecified atom stereocenters. The van der Waals surface area contributed by atoms with Gasteiger partial charge >= 0.3 is 6.03 Å². The maximum atomic E-state index is 13.2. The van der Waals surface area contributed by atoms with Gasteiger partial charge in [0.2, 0.25) is 5.91 Å². The molecule has 0 spiro atoms. The van der Waals surface area contributed by atoms with Gasteiger partial charge in [0.25, 0.3) is 5.91 Å². The number of carbonyl (C=O) groups is 3. The van der Waals surface area contributed by atoms with Crippen LogP contribution in [0.5, 0.6) is 0 Å². The van der Waals surface area contributed by atoms with Crippen molar-refractivity contribution >= 4 is 28.6 Å². The molecule has 0 radical (unpaired) electrons. The summed E-state index contributed by atoms with van der Waals surface area (Å²) in [5, 5.41) is 4.87. The smallest absolute Gasteiger partial charge is 0.325 e. The van der Waals surface area contributed by atoms with Crippen molar-refractivity contribution in [1.82, 2.24) is 15.1 Å². The van der Waals surface area contributed by atoms with Crippen LogP contribution in [0.2, 0.25) is 0 Å². The Morgan fingerprint density at radius 2 is 1.77 bits per heavy atom. The van der Waals surface area contributed by atoms with Crippen LogP contribution in [0.1, 0.15) is 45.1 Å². The highest BCUT2D eigenvalue weighted by molar-refractivity contribution is 6.09. The number of nitrogens with zero attached hydrogens (tertiary/aromatic N) is 2. The number of imide groups is 1. The molecule has 1 aliphatic heterocycles. The van der Waals surface area contributed by atoms with Crippen LogP contribution in [0.3, 0.4) is 0 Å². The minimum absolute atomic E-state index is 0.182. The second kappa shape index (κ2) is 7.74. The van der Waals surface area contributed by atoms with Crippen LogP contribution in [0.25, 0.3) is 10.8 Å². The van der Waals surface area contributed by atoms with E-state index < -0.39 is 11.6 Å². The molecule has 1 heterocycles. The fourth-order valence-corrected chi connectivity index (χ4v) is 4.62. The van der Waals surface area contributed by atoms with Gasteiger partial charge in [-0.15, -0.1) is 0 Å². The lowest BCUT2D eigenvalue weighted by Crippen LogP contribution is -2.47. The first-order valence-corrected chi connectivity index (χ1v) is 10.7. The molecule has 1 saturated carbocycles. The monoisotopic (exact) mass is 407 g/mol. The Labute approximate surface area is 177 Å². The summed E-state index contributed by atoms with van der Waals surface area (Å²) in [6, 6.07) is 13.3. The number of rotatable bonds is 4. The van der Waals surface area contributed by atoms with E-state index in [1.165, 1.54) is 0 Å². The van der Waals surface area contributed by atoms with Gasteiger partial charge < -0.3 is 10.2 Å². The third-order valence-electron chi connectivity index (χ3n) is 6.82. The minimum Gasteiger partial charge on any atom is -0.341 e. The van der Waals surface area contributed by atoms with Gasteiger partial charge in [-0.3, -0.25) is 14.5 Å². The number of amides is 4. The third kappa shape index (κ3) is 3.55. The molecular formula is C24H29N3O3. The minimum atomic E-state index is -1.18. The zero-order valence-corrected chi connectivity index (χ0v) is 17.9. The van der Waals surface area contributed by atoms with Gasteiger partial charge in [-0.1, -0.05) is 43.3 Å². The maximum absolute atomic E-state index is 13.2. The molecule has 0 bridgehead atoms. The van der Waals surface area contributed by atoms with Crippen molar-refractivity contribution in [2.24, 2.45) is 5.92 Å².